The predicted octanol–water partition coefficient (Wildman–Crippen LogP) is 3.32. The van der Waals surface area contributed by atoms with Crippen LogP contribution in [0.1, 0.15) is 39.8 Å². The standard InChI is InChI=1S/C24H24F3N5O4/c1-35-23(34)20-15-32(30-29-20)18-12-21(31(14-18)9-3-7-19-8-4-10-36-19)22(33)28-13-16-5-2-6-17(11-16)24(25,26)27/h2-8,10-11,15,18,21H,9,12-14H2,1H3,(H,28,33)/t18-,21-/m0/s1. The molecule has 0 unspecified atom stereocenters. The number of nitrogens with one attached hydrogen (secondary N) is 1. The highest BCUT2D eigenvalue weighted by atomic mass is 19.4. The summed E-state index contributed by atoms with van der Waals surface area (Å²) in [4.78, 5) is 26.8. The van der Waals surface area contributed by atoms with Gasteiger partial charge in [0.05, 0.1) is 37.2 Å². The van der Waals surface area contributed by atoms with Crippen molar-refractivity contribution in [2.75, 3.05) is 20.2 Å². The van der Waals surface area contributed by atoms with Gasteiger partial charge in [-0.1, -0.05) is 23.4 Å². The van der Waals surface area contributed by atoms with Crippen molar-refractivity contribution in [3.05, 3.63) is 77.5 Å². The van der Waals surface area contributed by atoms with Gasteiger partial charge in [0.25, 0.3) is 0 Å². The smallest absolute Gasteiger partial charge is 0.416 e. The molecule has 0 radical (unpaired) electrons. The van der Waals surface area contributed by atoms with Crippen molar-refractivity contribution in [1.29, 1.82) is 0 Å². The number of hydrogen-bond acceptors (Lipinski definition) is 7. The minimum absolute atomic E-state index is 0.0458. The summed E-state index contributed by atoms with van der Waals surface area (Å²) in [6.07, 6.45) is 2.57. The van der Waals surface area contributed by atoms with Gasteiger partial charge < -0.3 is 14.5 Å². The van der Waals surface area contributed by atoms with Gasteiger partial charge in [-0.2, -0.15) is 13.2 Å². The molecule has 190 valence electrons. The van der Waals surface area contributed by atoms with Crippen molar-refractivity contribution in [1.82, 2.24) is 25.2 Å². The van der Waals surface area contributed by atoms with Crippen LogP contribution in [-0.4, -0.2) is 58.0 Å². The molecule has 3 heterocycles. The van der Waals surface area contributed by atoms with Crippen LogP contribution in [0, 0.1) is 0 Å². The third-order valence-corrected chi connectivity index (χ3v) is 5.85. The maximum absolute atomic E-state index is 13.1. The van der Waals surface area contributed by atoms with Crippen molar-refractivity contribution in [2.45, 2.75) is 31.2 Å². The molecule has 1 aromatic carbocycles. The summed E-state index contributed by atoms with van der Waals surface area (Å²) in [5, 5.41) is 10.6. The molecule has 1 N–H and O–H groups in total. The van der Waals surface area contributed by atoms with Crippen LogP contribution in [0.15, 0.2) is 59.4 Å². The first-order valence-corrected chi connectivity index (χ1v) is 11.1. The Labute approximate surface area is 204 Å². The van der Waals surface area contributed by atoms with Crippen LogP contribution in [-0.2, 0) is 22.3 Å². The average molecular weight is 503 g/mol. The summed E-state index contributed by atoms with van der Waals surface area (Å²) in [5.41, 5.74) is -0.373. The summed E-state index contributed by atoms with van der Waals surface area (Å²) in [6.45, 7) is 0.807. The van der Waals surface area contributed by atoms with E-state index >= 15 is 0 Å². The second-order valence-corrected chi connectivity index (χ2v) is 8.27. The molecule has 2 aromatic heterocycles. The maximum atomic E-state index is 13.1. The number of furan rings is 1. The number of rotatable bonds is 8. The molecule has 1 aliphatic heterocycles. The summed E-state index contributed by atoms with van der Waals surface area (Å²) < 4.78 is 50.5. The first kappa shape index (κ1) is 25.2. The fourth-order valence-electron chi connectivity index (χ4n) is 4.05. The molecule has 1 fully saturated rings. The molecule has 0 spiro atoms. The summed E-state index contributed by atoms with van der Waals surface area (Å²) in [6, 6.07) is 7.58. The van der Waals surface area contributed by atoms with Gasteiger partial charge in [0.2, 0.25) is 5.91 Å². The summed E-state index contributed by atoms with van der Waals surface area (Å²) >= 11 is 0. The van der Waals surface area contributed by atoms with E-state index in [1.807, 2.05) is 11.0 Å². The van der Waals surface area contributed by atoms with Crippen molar-refractivity contribution in [3.8, 4) is 0 Å². The lowest BCUT2D eigenvalue weighted by atomic mass is 10.1. The van der Waals surface area contributed by atoms with Crippen molar-refractivity contribution in [3.63, 3.8) is 0 Å². The van der Waals surface area contributed by atoms with Gasteiger partial charge >= 0.3 is 12.1 Å². The number of carbonyl (C=O) groups is 2. The number of esters is 1. The molecular weight excluding hydrogens is 479 g/mol. The summed E-state index contributed by atoms with van der Waals surface area (Å²) in [7, 11) is 1.24. The van der Waals surface area contributed by atoms with E-state index in [1.54, 1.807) is 24.5 Å². The minimum Gasteiger partial charge on any atom is -0.465 e. The van der Waals surface area contributed by atoms with Gasteiger partial charge in [-0.05, 0) is 42.3 Å². The molecule has 36 heavy (non-hydrogen) atoms. The fourth-order valence-corrected chi connectivity index (χ4v) is 4.05. The lowest BCUT2D eigenvalue weighted by Crippen LogP contribution is -2.43. The average Bonchev–Trinajstić information content (AvgIpc) is 3.63. The van der Waals surface area contributed by atoms with E-state index in [1.165, 1.54) is 30.1 Å². The van der Waals surface area contributed by atoms with Gasteiger partial charge in [-0.25, -0.2) is 9.48 Å². The van der Waals surface area contributed by atoms with E-state index in [2.05, 4.69) is 20.4 Å². The Bertz CT molecular complexity index is 1220. The molecule has 0 saturated carbocycles. The molecule has 1 saturated heterocycles. The molecule has 0 aliphatic carbocycles. The number of nitrogens with zero attached hydrogens (tertiary/aromatic N) is 4. The van der Waals surface area contributed by atoms with E-state index in [-0.39, 0.29) is 24.2 Å². The monoisotopic (exact) mass is 503 g/mol. The van der Waals surface area contributed by atoms with Crippen LogP contribution in [0.4, 0.5) is 13.2 Å². The maximum Gasteiger partial charge on any atom is 0.416 e. The first-order chi connectivity index (χ1) is 17.2. The zero-order valence-corrected chi connectivity index (χ0v) is 19.3. The SMILES string of the molecule is COC(=O)c1cn([C@H]2C[C@@H](C(=O)NCc3cccc(C(F)(F)F)c3)N(CC=Cc3ccco3)C2)nn1. The van der Waals surface area contributed by atoms with Crippen molar-refractivity contribution < 1.29 is 31.9 Å². The number of ether oxygens (including phenoxy) is 1. The molecule has 1 amide bonds. The Balaban J connectivity index is 1.46. The highest BCUT2D eigenvalue weighted by Gasteiger charge is 2.38. The van der Waals surface area contributed by atoms with Gasteiger partial charge in [0.15, 0.2) is 5.69 Å². The highest BCUT2D eigenvalue weighted by molar-refractivity contribution is 5.86. The van der Waals surface area contributed by atoms with E-state index in [0.717, 1.165) is 12.1 Å². The Hall–Kier alpha value is -3.93. The number of methoxy groups -OCH3 is 1. The number of alkyl halides is 3. The Morgan fingerprint density at radius 3 is 2.83 bits per heavy atom. The van der Waals surface area contributed by atoms with Crippen molar-refractivity contribution in [2.24, 2.45) is 0 Å². The predicted molar refractivity (Wildman–Crippen MR) is 121 cm³/mol. The van der Waals surface area contributed by atoms with Crippen LogP contribution < -0.4 is 5.32 Å². The lowest BCUT2D eigenvalue weighted by Gasteiger charge is -2.22. The molecule has 4 rings (SSSR count). The highest BCUT2D eigenvalue weighted by Crippen LogP contribution is 2.30. The Morgan fingerprint density at radius 2 is 2.11 bits per heavy atom. The molecule has 3 aromatic rings. The Morgan fingerprint density at radius 1 is 1.28 bits per heavy atom. The fraction of sp³-hybridized carbons (Fsp3) is 0.333. The summed E-state index contributed by atoms with van der Waals surface area (Å²) in [5.74, 6) is -0.280. The van der Waals surface area contributed by atoms with E-state index < -0.39 is 23.8 Å². The molecule has 0 bridgehead atoms. The Kier molecular flexibility index (Phi) is 7.53. The first-order valence-electron chi connectivity index (χ1n) is 11.1. The number of likely N-dealkylation sites (tertiary alicyclic amines) is 1. The third-order valence-electron chi connectivity index (χ3n) is 5.85. The lowest BCUT2D eigenvalue weighted by molar-refractivity contribution is -0.137. The number of aromatic nitrogens is 3. The van der Waals surface area contributed by atoms with Crippen LogP contribution in [0.2, 0.25) is 0 Å². The molecule has 2 atom stereocenters. The van der Waals surface area contributed by atoms with Crippen LogP contribution in [0.5, 0.6) is 0 Å². The van der Waals surface area contributed by atoms with Crippen molar-refractivity contribution >= 4 is 18.0 Å². The number of benzene rings is 1. The zero-order chi connectivity index (χ0) is 25.7. The van der Waals surface area contributed by atoms with E-state index in [4.69, 9.17) is 4.42 Å². The van der Waals surface area contributed by atoms with Crippen LogP contribution in [0.25, 0.3) is 6.08 Å². The van der Waals surface area contributed by atoms with Crippen LogP contribution >= 0.6 is 0 Å². The van der Waals surface area contributed by atoms with Gasteiger partial charge in [0, 0.05) is 19.6 Å². The molecule has 1 aliphatic rings. The number of hydrogen-bond donors (Lipinski definition) is 1. The molecule has 9 nitrogen and oxygen atoms in total. The van der Waals surface area contributed by atoms with E-state index in [0.29, 0.717) is 30.8 Å². The topological polar surface area (TPSA) is 102 Å². The quantitative estimate of drug-likeness (QED) is 0.471. The second kappa shape index (κ2) is 10.8. The third kappa shape index (κ3) is 6.00. The normalized spacial score (nSPS) is 18.6. The van der Waals surface area contributed by atoms with E-state index in [9.17, 15) is 22.8 Å². The number of halogens is 3. The minimum atomic E-state index is -4.46. The van der Waals surface area contributed by atoms with Crippen LogP contribution in [0.3, 0.4) is 0 Å². The van der Waals surface area contributed by atoms with Gasteiger partial charge in [0.1, 0.15) is 5.76 Å². The molecule has 12 heteroatoms. The zero-order valence-electron chi connectivity index (χ0n) is 19.3. The van der Waals surface area contributed by atoms with Gasteiger partial charge in [-0.3, -0.25) is 9.69 Å². The largest absolute Gasteiger partial charge is 0.465 e. The number of carbonyl (C=O) groups excluding carboxylic acids is 2. The van der Waals surface area contributed by atoms with Gasteiger partial charge in [-0.15, -0.1) is 5.10 Å². The molecular formula is C24H24F3N5O4. The number of amides is 1. The second-order valence-electron chi connectivity index (χ2n) is 8.27.